The normalized spacial score (nSPS) is 18.9. The van der Waals surface area contributed by atoms with Gasteiger partial charge in [-0.05, 0) is 54.7 Å². The molecule has 10 heteroatoms. The first-order valence-corrected chi connectivity index (χ1v) is 11.5. The summed E-state index contributed by atoms with van der Waals surface area (Å²) in [6.07, 6.45) is 2.40. The number of benzene rings is 2. The van der Waals surface area contributed by atoms with Gasteiger partial charge in [0.1, 0.15) is 0 Å². The molecular formula is C21H20ClFN4O3S. The van der Waals surface area contributed by atoms with Crippen molar-refractivity contribution in [2.45, 2.75) is 36.2 Å². The van der Waals surface area contributed by atoms with E-state index in [9.17, 15) is 17.6 Å². The van der Waals surface area contributed by atoms with Crippen LogP contribution in [0.3, 0.4) is 0 Å². The third-order valence-electron chi connectivity index (χ3n) is 5.36. The quantitative estimate of drug-likeness (QED) is 0.604. The molecule has 0 amide bonds. The van der Waals surface area contributed by atoms with E-state index in [1.54, 1.807) is 30.3 Å². The Morgan fingerprint density at radius 1 is 1.13 bits per heavy atom. The minimum atomic E-state index is -3.80. The first-order valence-electron chi connectivity index (χ1n) is 9.65. The molecule has 1 aliphatic rings. The van der Waals surface area contributed by atoms with E-state index >= 15 is 0 Å². The van der Waals surface area contributed by atoms with Gasteiger partial charge in [0.15, 0.2) is 11.6 Å². The molecule has 0 radical (unpaired) electrons. The largest absolute Gasteiger partial charge is 0.381 e. The highest BCUT2D eigenvalue weighted by Gasteiger charge is 2.31. The number of nitrogens with one attached hydrogen (secondary N) is 1. The predicted octanol–water partition coefficient (Wildman–Crippen LogP) is 3.36. The third-order valence-corrected chi connectivity index (χ3v) is 7.11. The van der Waals surface area contributed by atoms with Crippen LogP contribution in [0, 0.1) is 5.82 Å². The summed E-state index contributed by atoms with van der Waals surface area (Å²) in [4.78, 5) is 15.6. The molecular weight excluding hydrogens is 443 g/mol. The minimum absolute atomic E-state index is 0.130. The Morgan fingerprint density at radius 2 is 1.84 bits per heavy atom. The van der Waals surface area contributed by atoms with Gasteiger partial charge in [-0.25, -0.2) is 22.3 Å². The molecule has 0 aliphatic heterocycles. The zero-order valence-corrected chi connectivity index (χ0v) is 17.9. The molecule has 3 N–H and O–H groups in total. The highest BCUT2D eigenvalue weighted by atomic mass is 35.5. The maximum Gasteiger partial charge on any atom is 0.349 e. The zero-order valence-electron chi connectivity index (χ0n) is 16.3. The first-order chi connectivity index (χ1) is 14.7. The summed E-state index contributed by atoms with van der Waals surface area (Å²) in [5.41, 5.74) is 6.21. The second-order valence-corrected chi connectivity index (χ2v) is 9.64. The van der Waals surface area contributed by atoms with Gasteiger partial charge in [0.25, 0.3) is 0 Å². The second kappa shape index (κ2) is 8.41. The van der Waals surface area contributed by atoms with Crippen LogP contribution in [0.1, 0.15) is 25.3 Å². The molecule has 7 nitrogen and oxygen atoms in total. The van der Waals surface area contributed by atoms with Gasteiger partial charge in [0, 0.05) is 23.3 Å². The Kier molecular flexibility index (Phi) is 5.83. The van der Waals surface area contributed by atoms with E-state index in [0.717, 1.165) is 17.3 Å². The highest BCUT2D eigenvalue weighted by molar-refractivity contribution is 7.89. The molecule has 1 aromatic heterocycles. The van der Waals surface area contributed by atoms with Crippen molar-refractivity contribution in [3.8, 4) is 11.1 Å². The Bertz CT molecular complexity index is 1300. The topological polar surface area (TPSA) is 107 Å². The summed E-state index contributed by atoms with van der Waals surface area (Å²) < 4.78 is 43.5. The van der Waals surface area contributed by atoms with Gasteiger partial charge in [-0.2, -0.15) is 4.98 Å². The molecule has 0 bridgehead atoms. The Labute approximate surface area is 183 Å². The molecule has 31 heavy (non-hydrogen) atoms. The molecule has 4 rings (SSSR count). The summed E-state index contributed by atoms with van der Waals surface area (Å²) in [6, 6.07) is 13.0. The van der Waals surface area contributed by atoms with Gasteiger partial charge < -0.3 is 5.73 Å². The van der Waals surface area contributed by atoms with Crippen LogP contribution < -0.4 is 16.1 Å². The number of hydrogen-bond acceptors (Lipinski definition) is 5. The molecule has 2 aromatic carbocycles. The maximum atomic E-state index is 13.7. The molecule has 2 atom stereocenters. The van der Waals surface area contributed by atoms with Crippen molar-refractivity contribution in [3.63, 3.8) is 0 Å². The molecule has 3 aromatic rings. The van der Waals surface area contributed by atoms with Gasteiger partial charge in [-0.1, -0.05) is 35.9 Å². The van der Waals surface area contributed by atoms with Crippen molar-refractivity contribution < 1.29 is 12.8 Å². The molecule has 1 saturated carbocycles. The van der Waals surface area contributed by atoms with Gasteiger partial charge in [-0.3, -0.25) is 4.57 Å². The van der Waals surface area contributed by atoms with E-state index in [2.05, 4.69) is 9.71 Å². The average Bonchev–Trinajstić information content (AvgIpc) is 3.18. The van der Waals surface area contributed by atoms with E-state index in [0.29, 0.717) is 24.3 Å². The molecule has 1 heterocycles. The lowest BCUT2D eigenvalue weighted by Gasteiger charge is -2.16. The van der Waals surface area contributed by atoms with Crippen LogP contribution in [0.15, 0.2) is 64.4 Å². The molecule has 1 fully saturated rings. The molecule has 1 unspecified atom stereocenters. The number of sulfonamides is 1. The van der Waals surface area contributed by atoms with Crippen LogP contribution in [-0.2, 0) is 10.0 Å². The van der Waals surface area contributed by atoms with Gasteiger partial charge in [0.2, 0.25) is 10.0 Å². The summed E-state index contributed by atoms with van der Waals surface area (Å²) in [7, 11) is -3.80. The van der Waals surface area contributed by atoms with Crippen LogP contribution >= 0.6 is 11.6 Å². The van der Waals surface area contributed by atoms with Gasteiger partial charge >= 0.3 is 5.69 Å². The van der Waals surface area contributed by atoms with E-state index in [4.69, 9.17) is 17.3 Å². The fraction of sp³-hybridized carbons (Fsp3) is 0.238. The number of hydrogen-bond donors (Lipinski definition) is 2. The Morgan fingerprint density at radius 3 is 2.58 bits per heavy atom. The smallest absolute Gasteiger partial charge is 0.349 e. The zero-order chi connectivity index (χ0) is 22.2. The number of nitrogen functional groups attached to an aromatic ring is 1. The maximum absolute atomic E-state index is 13.7. The highest BCUT2D eigenvalue weighted by Crippen LogP contribution is 2.31. The summed E-state index contributed by atoms with van der Waals surface area (Å²) in [6.45, 7) is 0. The van der Waals surface area contributed by atoms with Crippen molar-refractivity contribution in [2.24, 2.45) is 0 Å². The van der Waals surface area contributed by atoms with Crippen LogP contribution in [0.5, 0.6) is 0 Å². The number of aromatic nitrogens is 2. The lowest BCUT2D eigenvalue weighted by molar-refractivity contribution is 0.461. The number of nitrogens with two attached hydrogens (primary N) is 1. The predicted molar refractivity (Wildman–Crippen MR) is 117 cm³/mol. The van der Waals surface area contributed by atoms with E-state index in [-0.39, 0.29) is 10.9 Å². The second-order valence-electron chi connectivity index (χ2n) is 7.49. The molecule has 0 spiro atoms. The standard InChI is InChI=1S/C21H20ClFN4O3S/c22-15-5-1-3-13(9-15)14-4-2-6-18(10-14)31(29,30)26-16-7-8-17(11-16)27-12-19(23)20(24)25-21(27)28/h1-6,9-10,12,16-17,26H,7-8,11H2,(H2,24,25,28)/t16?,17-/m0/s1. The van der Waals surface area contributed by atoms with Crippen molar-refractivity contribution in [2.75, 3.05) is 5.73 Å². The van der Waals surface area contributed by atoms with Crippen molar-refractivity contribution in [1.29, 1.82) is 0 Å². The number of rotatable bonds is 5. The lowest BCUT2D eigenvalue weighted by Crippen LogP contribution is -2.34. The molecule has 1 aliphatic carbocycles. The van der Waals surface area contributed by atoms with E-state index in [1.165, 1.54) is 10.6 Å². The number of halogens is 2. The fourth-order valence-electron chi connectivity index (χ4n) is 3.83. The van der Waals surface area contributed by atoms with E-state index in [1.807, 2.05) is 12.1 Å². The van der Waals surface area contributed by atoms with Gasteiger partial charge in [-0.15, -0.1) is 0 Å². The minimum Gasteiger partial charge on any atom is -0.381 e. The molecule has 162 valence electrons. The van der Waals surface area contributed by atoms with E-state index < -0.39 is 33.4 Å². The van der Waals surface area contributed by atoms with Crippen molar-refractivity contribution in [1.82, 2.24) is 14.3 Å². The third kappa shape index (κ3) is 4.63. The summed E-state index contributed by atoms with van der Waals surface area (Å²) in [5.74, 6) is -1.22. The van der Waals surface area contributed by atoms with Crippen LogP contribution in [-0.4, -0.2) is 24.0 Å². The monoisotopic (exact) mass is 462 g/mol. The number of nitrogens with zero attached hydrogens (tertiary/aromatic N) is 2. The van der Waals surface area contributed by atoms with Crippen LogP contribution in [0.4, 0.5) is 10.2 Å². The Balaban J connectivity index is 1.52. The Hall–Kier alpha value is -2.75. The number of anilines is 1. The first kappa shape index (κ1) is 21.5. The summed E-state index contributed by atoms with van der Waals surface area (Å²) in [5, 5.41) is 0.560. The average molecular weight is 463 g/mol. The van der Waals surface area contributed by atoms with Crippen molar-refractivity contribution in [3.05, 3.63) is 76.1 Å². The van der Waals surface area contributed by atoms with Crippen LogP contribution in [0.2, 0.25) is 5.02 Å². The van der Waals surface area contributed by atoms with Gasteiger partial charge in [0.05, 0.1) is 4.90 Å². The van der Waals surface area contributed by atoms with Crippen molar-refractivity contribution >= 4 is 27.4 Å². The van der Waals surface area contributed by atoms with Crippen LogP contribution in [0.25, 0.3) is 11.1 Å². The lowest BCUT2D eigenvalue weighted by atomic mass is 10.1. The molecule has 0 saturated heterocycles. The summed E-state index contributed by atoms with van der Waals surface area (Å²) >= 11 is 6.04. The SMILES string of the molecule is Nc1nc(=O)n([C@H]2CCC(NS(=O)(=O)c3cccc(-c4cccc(Cl)c4)c3)C2)cc1F. The fourth-order valence-corrected chi connectivity index (χ4v) is 5.35.